The Morgan fingerprint density at radius 1 is 1.28 bits per heavy atom. The molecular formula is C15H20O3. The van der Waals surface area contributed by atoms with Crippen molar-refractivity contribution in [3.63, 3.8) is 0 Å². The first-order valence-electron chi connectivity index (χ1n) is 5.89. The summed E-state index contributed by atoms with van der Waals surface area (Å²) < 4.78 is 10.9. The van der Waals surface area contributed by atoms with E-state index in [1.807, 2.05) is 44.2 Å². The zero-order valence-electron chi connectivity index (χ0n) is 11.1. The fourth-order valence-electron chi connectivity index (χ4n) is 1.40. The summed E-state index contributed by atoms with van der Waals surface area (Å²) >= 11 is 0. The van der Waals surface area contributed by atoms with Gasteiger partial charge in [-0.15, -0.1) is 0 Å². The third kappa shape index (κ3) is 4.63. The van der Waals surface area contributed by atoms with Crippen molar-refractivity contribution < 1.29 is 14.6 Å². The Hall–Kier alpha value is -1.74. The fourth-order valence-corrected chi connectivity index (χ4v) is 1.40. The molecule has 0 aliphatic carbocycles. The van der Waals surface area contributed by atoms with Gasteiger partial charge < -0.3 is 14.6 Å². The normalized spacial score (nSPS) is 10.4. The fraction of sp³-hybridized carbons (Fsp3) is 0.333. The number of aliphatic hydroxyl groups is 1. The highest BCUT2D eigenvalue weighted by Gasteiger charge is 2.03. The van der Waals surface area contributed by atoms with Crippen LogP contribution in [0.3, 0.4) is 0 Å². The standard InChI is InChI=1S/C15H20O3/c1-12(2)8-10-18-15-11-13(5-4-9-16)6-7-14(15)17-3/h4-8,11,16H,9-10H2,1-3H3. The van der Waals surface area contributed by atoms with E-state index in [4.69, 9.17) is 14.6 Å². The largest absolute Gasteiger partial charge is 0.493 e. The molecule has 0 spiro atoms. The Morgan fingerprint density at radius 2 is 2.06 bits per heavy atom. The van der Waals surface area contributed by atoms with Crippen molar-refractivity contribution in [3.8, 4) is 11.5 Å². The van der Waals surface area contributed by atoms with Crippen molar-refractivity contribution in [2.45, 2.75) is 13.8 Å². The maximum atomic E-state index is 8.75. The van der Waals surface area contributed by atoms with E-state index in [0.29, 0.717) is 18.1 Å². The van der Waals surface area contributed by atoms with E-state index in [0.717, 1.165) is 5.56 Å². The Morgan fingerprint density at radius 3 is 2.67 bits per heavy atom. The smallest absolute Gasteiger partial charge is 0.162 e. The Kier molecular flexibility index (Phi) is 6.01. The van der Waals surface area contributed by atoms with Crippen molar-refractivity contribution in [1.29, 1.82) is 0 Å². The molecule has 0 aliphatic heterocycles. The van der Waals surface area contributed by atoms with E-state index < -0.39 is 0 Å². The lowest BCUT2D eigenvalue weighted by Gasteiger charge is -2.10. The molecule has 1 aromatic carbocycles. The lowest BCUT2D eigenvalue weighted by Crippen LogP contribution is -1.97. The molecule has 0 aliphatic rings. The van der Waals surface area contributed by atoms with Crippen LogP contribution in [0, 0.1) is 0 Å². The Bertz CT molecular complexity index is 429. The van der Waals surface area contributed by atoms with Gasteiger partial charge >= 0.3 is 0 Å². The van der Waals surface area contributed by atoms with Crippen LogP contribution in [0.2, 0.25) is 0 Å². The second-order valence-corrected chi connectivity index (χ2v) is 4.09. The van der Waals surface area contributed by atoms with Crippen LogP contribution in [-0.2, 0) is 0 Å². The van der Waals surface area contributed by atoms with Gasteiger partial charge in [0.1, 0.15) is 6.61 Å². The number of aliphatic hydroxyl groups excluding tert-OH is 1. The van der Waals surface area contributed by atoms with Gasteiger partial charge in [-0.25, -0.2) is 0 Å². The van der Waals surface area contributed by atoms with E-state index in [2.05, 4.69) is 0 Å². The molecule has 0 heterocycles. The molecule has 0 atom stereocenters. The molecule has 1 rings (SSSR count). The van der Waals surface area contributed by atoms with Crippen molar-refractivity contribution in [3.05, 3.63) is 41.5 Å². The number of rotatable bonds is 6. The van der Waals surface area contributed by atoms with Gasteiger partial charge in [-0.2, -0.15) is 0 Å². The lowest BCUT2D eigenvalue weighted by atomic mass is 10.2. The average molecular weight is 248 g/mol. The number of hydrogen-bond donors (Lipinski definition) is 1. The van der Waals surface area contributed by atoms with Crippen LogP contribution in [0.25, 0.3) is 6.08 Å². The van der Waals surface area contributed by atoms with E-state index in [9.17, 15) is 0 Å². The maximum Gasteiger partial charge on any atom is 0.162 e. The Labute approximate surface area is 108 Å². The maximum absolute atomic E-state index is 8.75. The summed E-state index contributed by atoms with van der Waals surface area (Å²) in [6, 6.07) is 5.66. The second-order valence-electron chi connectivity index (χ2n) is 4.09. The van der Waals surface area contributed by atoms with Crippen molar-refractivity contribution in [1.82, 2.24) is 0 Å². The molecule has 1 aromatic rings. The minimum absolute atomic E-state index is 0.0278. The quantitative estimate of drug-likeness (QED) is 0.786. The minimum atomic E-state index is 0.0278. The van der Waals surface area contributed by atoms with Crippen molar-refractivity contribution in [2.24, 2.45) is 0 Å². The van der Waals surface area contributed by atoms with Crippen LogP contribution >= 0.6 is 0 Å². The molecule has 0 saturated carbocycles. The molecule has 0 bridgehead atoms. The summed E-state index contributed by atoms with van der Waals surface area (Å²) in [7, 11) is 1.62. The molecular weight excluding hydrogens is 228 g/mol. The van der Waals surface area contributed by atoms with E-state index in [1.54, 1.807) is 13.2 Å². The molecule has 0 amide bonds. The highest BCUT2D eigenvalue weighted by molar-refractivity contribution is 5.55. The molecule has 0 aromatic heterocycles. The predicted octanol–water partition coefficient (Wildman–Crippen LogP) is 3.05. The number of methoxy groups -OCH3 is 1. The van der Waals surface area contributed by atoms with Gasteiger partial charge in [-0.1, -0.05) is 23.8 Å². The molecule has 98 valence electrons. The van der Waals surface area contributed by atoms with Gasteiger partial charge in [-0.05, 0) is 37.6 Å². The van der Waals surface area contributed by atoms with Crippen LogP contribution in [0.5, 0.6) is 11.5 Å². The molecule has 3 nitrogen and oxygen atoms in total. The molecule has 18 heavy (non-hydrogen) atoms. The van der Waals surface area contributed by atoms with Gasteiger partial charge in [0.25, 0.3) is 0 Å². The number of ether oxygens (including phenoxy) is 2. The van der Waals surface area contributed by atoms with Crippen LogP contribution in [0.15, 0.2) is 35.9 Å². The molecule has 1 N–H and O–H groups in total. The third-order valence-electron chi connectivity index (χ3n) is 2.33. The first kappa shape index (κ1) is 14.3. The van der Waals surface area contributed by atoms with E-state index in [-0.39, 0.29) is 6.61 Å². The minimum Gasteiger partial charge on any atom is -0.493 e. The van der Waals surface area contributed by atoms with Crippen LogP contribution in [0.4, 0.5) is 0 Å². The first-order chi connectivity index (χ1) is 8.67. The molecule has 0 fully saturated rings. The summed E-state index contributed by atoms with van der Waals surface area (Å²) in [6.45, 7) is 4.61. The van der Waals surface area contributed by atoms with Gasteiger partial charge in [0.2, 0.25) is 0 Å². The topological polar surface area (TPSA) is 38.7 Å². The zero-order chi connectivity index (χ0) is 13.4. The van der Waals surface area contributed by atoms with Gasteiger partial charge in [-0.3, -0.25) is 0 Å². The summed E-state index contributed by atoms with van der Waals surface area (Å²) in [4.78, 5) is 0. The van der Waals surface area contributed by atoms with E-state index >= 15 is 0 Å². The van der Waals surface area contributed by atoms with Gasteiger partial charge in [0, 0.05) is 0 Å². The summed E-state index contributed by atoms with van der Waals surface area (Å²) in [6.07, 6.45) is 5.53. The Balaban J connectivity index is 2.84. The van der Waals surface area contributed by atoms with Crippen molar-refractivity contribution in [2.75, 3.05) is 20.3 Å². The van der Waals surface area contributed by atoms with Crippen LogP contribution < -0.4 is 9.47 Å². The monoisotopic (exact) mass is 248 g/mol. The van der Waals surface area contributed by atoms with Crippen LogP contribution in [-0.4, -0.2) is 25.4 Å². The summed E-state index contributed by atoms with van der Waals surface area (Å²) in [5, 5.41) is 8.75. The highest BCUT2D eigenvalue weighted by atomic mass is 16.5. The zero-order valence-corrected chi connectivity index (χ0v) is 11.1. The van der Waals surface area contributed by atoms with Gasteiger partial charge in [0.05, 0.1) is 13.7 Å². The number of hydrogen-bond acceptors (Lipinski definition) is 3. The molecule has 0 radical (unpaired) electrons. The highest BCUT2D eigenvalue weighted by Crippen LogP contribution is 2.28. The lowest BCUT2D eigenvalue weighted by molar-refractivity contribution is 0.325. The summed E-state index contributed by atoms with van der Waals surface area (Å²) in [5.74, 6) is 1.41. The van der Waals surface area contributed by atoms with Gasteiger partial charge in [0.15, 0.2) is 11.5 Å². The second kappa shape index (κ2) is 7.56. The van der Waals surface area contributed by atoms with Crippen molar-refractivity contribution >= 4 is 6.08 Å². The SMILES string of the molecule is COc1ccc(C=CCO)cc1OCC=C(C)C. The number of benzene rings is 1. The van der Waals surface area contributed by atoms with E-state index in [1.165, 1.54) is 5.57 Å². The molecule has 0 saturated heterocycles. The molecule has 0 unspecified atom stereocenters. The third-order valence-corrected chi connectivity index (χ3v) is 2.33. The number of allylic oxidation sites excluding steroid dienone is 1. The predicted molar refractivity (Wildman–Crippen MR) is 74.0 cm³/mol. The van der Waals surface area contributed by atoms with Crippen LogP contribution in [0.1, 0.15) is 19.4 Å². The molecule has 3 heteroatoms. The average Bonchev–Trinajstić information content (AvgIpc) is 2.36. The summed E-state index contributed by atoms with van der Waals surface area (Å²) in [5.41, 5.74) is 2.18. The first-order valence-corrected chi connectivity index (χ1v) is 5.89.